The van der Waals surface area contributed by atoms with E-state index in [4.69, 9.17) is 4.74 Å². The van der Waals surface area contributed by atoms with Gasteiger partial charge in [0, 0.05) is 18.3 Å². The Morgan fingerprint density at radius 2 is 2.11 bits per heavy atom. The summed E-state index contributed by atoms with van der Waals surface area (Å²) in [6, 6.07) is 1.86. The van der Waals surface area contributed by atoms with Crippen molar-refractivity contribution in [1.29, 1.82) is 0 Å². The van der Waals surface area contributed by atoms with Crippen LogP contribution in [0.5, 0.6) is 5.75 Å². The van der Waals surface area contributed by atoms with Gasteiger partial charge in [0.2, 0.25) is 0 Å². The lowest BCUT2D eigenvalue weighted by Crippen LogP contribution is -2.35. The molecule has 0 amide bonds. The molecule has 4 heteroatoms. The molecule has 0 aromatic carbocycles. The molecule has 2 N–H and O–H groups in total. The Balaban J connectivity index is 2.68. The van der Waals surface area contributed by atoms with Gasteiger partial charge >= 0.3 is 0 Å². The van der Waals surface area contributed by atoms with Crippen LogP contribution in [0.3, 0.4) is 0 Å². The third kappa shape index (κ3) is 4.63. The van der Waals surface area contributed by atoms with Crippen molar-refractivity contribution in [3.8, 4) is 5.75 Å². The van der Waals surface area contributed by atoms with E-state index in [2.05, 4.69) is 24.1 Å². The lowest BCUT2D eigenvalue weighted by atomic mass is 9.97. The van der Waals surface area contributed by atoms with Gasteiger partial charge in [-0.2, -0.15) is 0 Å². The highest BCUT2D eigenvalue weighted by molar-refractivity contribution is 5.28. The molecule has 102 valence electrons. The predicted molar refractivity (Wildman–Crippen MR) is 72.8 cm³/mol. The van der Waals surface area contributed by atoms with E-state index in [9.17, 15) is 5.11 Å². The van der Waals surface area contributed by atoms with Gasteiger partial charge < -0.3 is 15.2 Å². The second-order valence-corrected chi connectivity index (χ2v) is 4.71. The predicted octanol–water partition coefficient (Wildman–Crippen LogP) is 2.08. The Bertz CT molecular complexity index is 353. The summed E-state index contributed by atoms with van der Waals surface area (Å²) in [5.41, 5.74) is -0.145. The highest BCUT2D eigenvalue weighted by atomic mass is 16.5. The first kappa shape index (κ1) is 14.9. The van der Waals surface area contributed by atoms with E-state index in [0.29, 0.717) is 18.9 Å². The number of nitrogens with zero attached hydrogens (tertiary/aromatic N) is 1. The van der Waals surface area contributed by atoms with Crippen LogP contribution in [0.25, 0.3) is 0 Å². The fraction of sp³-hybridized carbons (Fsp3) is 0.643. The van der Waals surface area contributed by atoms with E-state index in [1.165, 1.54) is 0 Å². The molecule has 1 heterocycles. The van der Waals surface area contributed by atoms with E-state index in [1.807, 2.05) is 6.07 Å². The van der Waals surface area contributed by atoms with Gasteiger partial charge in [-0.3, -0.25) is 4.98 Å². The van der Waals surface area contributed by atoms with Gasteiger partial charge in [-0.1, -0.05) is 13.8 Å². The van der Waals surface area contributed by atoms with Gasteiger partial charge in [0.15, 0.2) is 0 Å². The quantitative estimate of drug-likeness (QED) is 0.696. The Morgan fingerprint density at radius 1 is 1.33 bits per heavy atom. The van der Waals surface area contributed by atoms with Crippen LogP contribution in [-0.4, -0.2) is 29.8 Å². The van der Waals surface area contributed by atoms with Crippen LogP contribution in [0.4, 0.5) is 0 Å². The Morgan fingerprint density at radius 3 is 2.78 bits per heavy atom. The van der Waals surface area contributed by atoms with Crippen molar-refractivity contribution in [3.63, 3.8) is 0 Å². The van der Waals surface area contributed by atoms with Crippen LogP contribution in [0.15, 0.2) is 18.5 Å². The van der Waals surface area contributed by atoms with E-state index >= 15 is 0 Å². The molecule has 0 saturated carbocycles. The highest BCUT2D eigenvalue weighted by Gasteiger charge is 2.23. The summed E-state index contributed by atoms with van der Waals surface area (Å²) in [5.74, 6) is 0.713. The third-order valence-corrected chi connectivity index (χ3v) is 2.70. The van der Waals surface area contributed by atoms with Crippen LogP contribution >= 0.6 is 0 Å². The topological polar surface area (TPSA) is 54.4 Å². The molecule has 18 heavy (non-hydrogen) atoms. The molecule has 0 bridgehead atoms. The summed E-state index contributed by atoms with van der Waals surface area (Å²) < 4.78 is 5.52. The van der Waals surface area contributed by atoms with Crippen LogP contribution in [0.2, 0.25) is 0 Å². The molecule has 1 atom stereocenters. The molecule has 4 nitrogen and oxygen atoms in total. The van der Waals surface area contributed by atoms with Crippen LogP contribution < -0.4 is 10.1 Å². The lowest BCUT2D eigenvalue weighted by Gasteiger charge is -2.24. The van der Waals surface area contributed by atoms with Gasteiger partial charge in [-0.25, -0.2) is 0 Å². The van der Waals surface area contributed by atoms with Crippen molar-refractivity contribution in [1.82, 2.24) is 10.3 Å². The zero-order valence-electron chi connectivity index (χ0n) is 11.6. The molecule has 0 aliphatic rings. The Hall–Kier alpha value is -1.13. The fourth-order valence-corrected chi connectivity index (χ4v) is 1.62. The SMILES string of the molecule is CCCNCC(C)(O)c1cncc(OCCC)c1. The van der Waals surface area contributed by atoms with Gasteiger partial charge in [0.25, 0.3) is 0 Å². The first-order valence-electron chi connectivity index (χ1n) is 6.61. The fourth-order valence-electron chi connectivity index (χ4n) is 1.62. The maximum atomic E-state index is 10.4. The molecular formula is C14H24N2O2. The van der Waals surface area contributed by atoms with Gasteiger partial charge in [0.1, 0.15) is 11.4 Å². The number of pyridine rings is 1. The molecule has 0 aliphatic heterocycles. The van der Waals surface area contributed by atoms with Crippen molar-refractivity contribution in [3.05, 3.63) is 24.0 Å². The van der Waals surface area contributed by atoms with E-state index in [0.717, 1.165) is 24.9 Å². The van der Waals surface area contributed by atoms with E-state index < -0.39 is 5.60 Å². The van der Waals surface area contributed by atoms with Gasteiger partial charge in [0.05, 0.1) is 12.8 Å². The summed E-state index contributed by atoms with van der Waals surface area (Å²) >= 11 is 0. The molecule has 1 aromatic heterocycles. The molecule has 0 spiro atoms. The summed E-state index contributed by atoms with van der Waals surface area (Å²) in [4.78, 5) is 4.12. The third-order valence-electron chi connectivity index (χ3n) is 2.70. The maximum absolute atomic E-state index is 10.4. The average molecular weight is 252 g/mol. The standard InChI is InChI=1S/C14H24N2O2/c1-4-6-15-11-14(3,17)12-8-13(10-16-9-12)18-7-5-2/h8-10,15,17H,4-7,11H2,1-3H3. The largest absolute Gasteiger partial charge is 0.492 e. The summed E-state index contributed by atoms with van der Waals surface area (Å²) in [6.45, 7) is 8.03. The molecule has 0 radical (unpaired) electrons. The molecule has 0 fully saturated rings. The number of aromatic nitrogens is 1. The van der Waals surface area contributed by atoms with Crippen molar-refractivity contribution in [2.24, 2.45) is 0 Å². The first-order chi connectivity index (χ1) is 8.60. The maximum Gasteiger partial charge on any atom is 0.137 e. The average Bonchev–Trinajstić information content (AvgIpc) is 2.37. The summed E-state index contributed by atoms with van der Waals surface area (Å²) in [5, 5.41) is 13.6. The van der Waals surface area contributed by atoms with E-state index in [1.54, 1.807) is 19.3 Å². The molecule has 0 saturated heterocycles. The minimum Gasteiger partial charge on any atom is -0.492 e. The van der Waals surface area contributed by atoms with Crippen LogP contribution in [-0.2, 0) is 5.60 Å². The second-order valence-electron chi connectivity index (χ2n) is 4.71. The second kappa shape index (κ2) is 7.34. The minimum absolute atomic E-state index is 0.514. The van der Waals surface area contributed by atoms with Crippen molar-refractivity contribution in [2.45, 2.75) is 39.2 Å². The monoisotopic (exact) mass is 252 g/mol. The highest BCUT2D eigenvalue weighted by Crippen LogP contribution is 2.22. The Kier molecular flexibility index (Phi) is 6.09. The summed E-state index contributed by atoms with van der Waals surface area (Å²) in [6.07, 6.45) is 5.37. The zero-order chi connectivity index (χ0) is 13.4. The number of rotatable bonds is 8. The molecule has 1 unspecified atom stereocenters. The van der Waals surface area contributed by atoms with Gasteiger partial charge in [-0.05, 0) is 32.4 Å². The number of ether oxygens (including phenoxy) is 1. The minimum atomic E-state index is -0.923. The lowest BCUT2D eigenvalue weighted by molar-refractivity contribution is 0.0565. The van der Waals surface area contributed by atoms with Crippen molar-refractivity contribution in [2.75, 3.05) is 19.7 Å². The number of nitrogens with one attached hydrogen (secondary N) is 1. The van der Waals surface area contributed by atoms with Crippen LogP contribution in [0, 0.1) is 0 Å². The number of aliphatic hydroxyl groups is 1. The van der Waals surface area contributed by atoms with Crippen LogP contribution in [0.1, 0.15) is 39.2 Å². The first-order valence-corrected chi connectivity index (χ1v) is 6.61. The molecule has 0 aliphatic carbocycles. The zero-order valence-corrected chi connectivity index (χ0v) is 11.6. The van der Waals surface area contributed by atoms with Crippen molar-refractivity contribution < 1.29 is 9.84 Å². The number of hydrogen-bond donors (Lipinski definition) is 2. The normalized spacial score (nSPS) is 14.2. The molecule has 1 aromatic rings. The summed E-state index contributed by atoms with van der Waals surface area (Å²) in [7, 11) is 0. The molecular weight excluding hydrogens is 228 g/mol. The Labute approximate surface area is 109 Å². The van der Waals surface area contributed by atoms with Crippen molar-refractivity contribution >= 4 is 0 Å². The number of hydrogen-bond acceptors (Lipinski definition) is 4. The molecule has 1 rings (SSSR count). The smallest absolute Gasteiger partial charge is 0.137 e. The van der Waals surface area contributed by atoms with Gasteiger partial charge in [-0.15, -0.1) is 0 Å². The van der Waals surface area contributed by atoms with E-state index in [-0.39, 0.29) is 0 Å².